The molecule has 22 heteroatoms. The van der Waals surface area contributed by atoms with Gasteiger partial charge in [0.2, 0.25) is 0 Å². The number of hydrogen-bond acceptors (Lipinski definition) is 17. The quantitative estimate of drug-likeness (QED) is 0.0776. The largest absolute Gasteiger partial charge is 0.422 e. The van der Waals surface area contributed by atoms with Crippen LogP contribution in [0, 0.1) is 11.6 Å². The van der Waals surface area contributed by atoms with Gasteiger partial charge in [-0.25, -0.2) is 48.1 Å². The Morgan fingerprint density at radius 1 is 0.545 bits per heavy atom. The SMILES string of the molecule is CN[C@@H]1CCCC[C@H]1NC.C[C@@H]1CN(c2ccc3cc(-c4cn(-c5ccccn5)cn4)c(=O)oc3c2)C[C@H](C)N1.C[C@@H]1CNC[C@H](C)N1.O=c1oc2cc(F)ccc2cc1-c1cn(-c2ccccn2)cn1.O=c1oc2cc(F)ccc2cc1-c1cnc[nH]1. The average Bonchev–Trinajstić information content (AvgIpc) is 3.32. The smallest absolute Gasteiger partial charge is 0.345 e. The van der Waals surface area contributed by atoms with Gasteiger partial charge in [0, 0.05) is 127 Å². The van der Waals surface area contributed by atoms with Crippen LogP contribution in [-0.4, -0.2) is 116 Å². The maximum absolute atomic E-state index is 13.2. The minimum Gasteiger partial charge on any atom is -0.422 e. The number of H-pyrrole nitrogens is 1. The summed E-state index contributed by atoms with van der Waals surface area (Å²) in [5, 5.41) is 19.1. The van der Waals surface area contributed by atoms with Crippen molar-refractivity contribution in [1.29, 1.82) is 0 Å². The number of aromatic nitrogens is 8. The molecule has 3 fully saturated rings. The Kier molecular flexibility index (Phi) is 20.3. The van der Waals surface area contributed by atoms with Gasteiger partial charge in [0.15, 0.2) is 0 Å². The molecule has 0 bridgehead atoms. The number of rotatable bonds is 8. The topological polar surface area (TPSA) is 244 Å². The van der Waals surface area contributed by atoms with Crippen molar-refractivity contribution < 1.29 is 22.0 Å². The molecule has 10 heterocycles. The molecule has 88 heavy (non-hydrogen) atoms. The van der Waals surface area contributed by atoms with E-state index in [1.165, 1.54) is 62.5 Å². The fourth-order valence-corrected chi connectivity index (χ4v) is 11.1. The van der Waals surface area contributed by atoms with Crippen molar-refractivity contribution >= 4 is 38.6 Å². The van der Waals surface area contributed by atoms with Gasteiger partial charge < -0.3 is 49.7 Å². The molecule has 2 saturated heterocycles. The van der Waals surface area contributed by atoms with Gasteiger partial charge in [0.25, 0.3) is 0 Å². The molecule has 1 aliphatic carbocycles. The van der Waals surface area contributed by atoms with Crippen molar-refractivity contribution in [3.05, 3.63) is 202 Å². The van der Waals surface area contributed by atoms with Crippen molar-refractivity contribution in [3.63, 3.8) is 0 Å². The Morgan fingerprint density at radius 3 is 1.45 bits per heavy atom. The molecule has 3 aliphatic rings. The highest BCUT2D eigenvalue weighted by Crippen LogP contribution is 2.28. The number of pyridine rings is 2. The van der Waals surface area contributed by atoms with E-state index in [2.05, 4.69) is 109 Å². The highest BCUT2D eigenvalue weighted by molar-refractivity contribution is 5.85. The van der Waals surface area contributed by atoms with Crippen molar-refractivity contribution in [1.82, 2.24) is 65.6 Å². The number of imidazole rings is 3. The predicted octanol–water partition coefficient (Wildman–Crippen LogP) is 9.42. The number of aromatic amines is 1. The lowest BCUT2D eigenvalue weighted by atomic mass is 9.91. The zero-order valence-electron chi connectivity index (χ0n) is 49.9. The molecule has 8 aromatic heterocycles. The first-order valence-electron chi connectivity index (χ1n) is 29.5. The van der Waals surface area contributed by atoms with E-state index in [4.69, 9.17) is 13.3 Å². The van der Waals surface area contributed by atoms with Gasteiger partial charge in [0.1, 0.15) is 52.7 Å². The van der Waals surface area contributed by atoms with E-state index >= 15 is 0 Å². The third-order valence-corrected chi connectivity index (χ3v) is 15.3. The van der Waals surface area contributed by atoms with Crippen LogP contribution in [0.2, 0.25) is 0 Å². The van der Waals surface area contributed by atoms with E-state index in [0.29, 0.717) is 92.2 Å². The molecule has 6 N–H and O–H groups in total. The molecule has 0 unspecified atom stereocenters. The second-order valence-electron chi connectivity index (χ2n) is 22.2. The van der Waals surface area contributed by atoms with Crippen molar-refractivity contribution in [2.45, 2.75) is 89.6 Å². The Labute approximate surface area is 506 Å². The third kappa shape index (κ3) is 15.6. The molecule has 6 atom stereocenters. The monoisotopic (exact) mass is 1190 g/mol. The number of hydrogen-bond donors (Lipinski definition) is 6. The van der Waals surface area contributed by atoms with Crippen LogP contribution in [0.5, 0.6) is 0 Å². The lowest BCUT2D eigenvalue weighted by molar-refractivity contribution is 0.309. The number of fused-ring (bicyclic) bond motifs is 3. The van der Waals surface area contributed by atoms with Gasteiger partial charge in [-0.15, -0.1) is 0 Å². The molecule has 1 saturated carbocycles. The van der Waals surface area contributed by atoms with E-state index < -0.39 is 28.5 Å². The van der Waals surface area contributed by atoms with Crippen LogP contribution in [0.25, 0.3) is 78.3 Å². The van der Waals surface area contributed by atoms with E-state index in [1.54, 1.807) is 70.8 Å². The third-order valence-electron chi connectivity index (χ3n) is 15.3. The summed E-state index contributed by atoms with van der Waals surface area (Å²) in [6.45, 7) is 12.8. The summed E-state index contributed by atoms with van der Waals surface area (Å²) in [6, 6.07) is 34.0. The first kappa shape index (κ1) is 61.8. The number of piperazine rings is 2. The lowest BCUT2D eigenvalue weighted by Gasteiger charge is -2.37. The molecule has 456 valence electrons. The average molecular weight is 1200 g/mol. The van der Waals surface area contributed by atoms with Gasteiger partial charge in [-0.05, 0) is 133 Å². The van der Waals surface area contributed by atoms with Crippen LogP contribution in [0.4, 0.5) is 14.5 Å². The maximum atomic E-state index is 13.2. The van der Waals surface area contributed by atoms with Crippen molar-refractivity contribution in [2.24, 2.45) is 0 Å². The first-order chi connectivity index (χ1) is 42.7. The Balaban J connectivity index is 0.000000131. The predicted molar refractivity (Wildman–Crippen MR) is 339 cm³/mol. The number of benzene rings is 3. The molecule has 20 nitrogen and oxygen atoms in total. The second-order valence-corrected chi connectivity index (χ2v) is 22.2. The molecular weight excluding hydrogens is 1120 g/mol. The van der Waals surface area contributed by atoms with Crippen molar-refractivity contribution in [3.8, 4) is 45.4 Å². The number of halogens is 2. The lowest BCUT2D eigenvalue weighted by Crippen LogP contribution is -2.54. The fraction of sp³-hybridized carbons (Fsp3) is 0.303. The van der Waals surface area contributed by atoms with Crippen LogP contribution in [0.3, 0.4) is 0 Å². The van der Waals surface area contributed by atoms with Crippen LogP contribution in [0.1, 0.15) is 53.4 Å². The number of nitrogens with one attached hydrogen (secondary N) is 6. The maximum Gasteiger partial charge on any atom is 0.345 e. The number of anilines is 1. The molecule has 2 aliphatic heterocycles. The number of nitrogens with zero attached hydrogens (tertiary/aromatic N) is 8. The summed E-state index contributed by atoms with van der Waals surface area (Å²) in [4.78, 5) is 62.7. The Bertz CT molecular complexity index is 4220. The second kappa shape index (κ2) is 28.9. The molecule has 3 aromatic carbocycles. The first-order valence-corrected chi connectivity index (χ1v) is 29.5. The summed E-state index contributed by atoms with van der Waals surface area (Å²) in [7, 11) is 4.11. The van der Waals surface area contributed by atoms with Gasteiger partial charge >= 0.3 is 16.9 Å². The summed E-state index contributed by atoms with van der Waals surface area (Å²) >= 11 is 0. The summed E-state index contributed by atoms with van der Waals surface area (Å²) < 4.78 is 45.6. The normalized spacial score (nSPS) is 19.1. The highest BCUT2D eigenvalue weighted by atomic mass is 19.1. The van der Waals surface area contributed by atoms with E-state index in [9.17, 15) is 23.2 Å². The van der Waals surface area contributed by atoms with E-state index in [1.807, 2.05) is 54.6 Å². The van der Waals surface area contributed by atoms with Gasteiger partial charge in [0.05, 0.1) is 46.3 Å². The van der Waals surface area contributed by atoms with E-state index in [-0.39, 0.29) is 11.2 Å². The molecule has 0 radical (unpaired) electrons. The molecule has 0 amide bonds. The highest BCUT2D eigenvalue weighted by Gasteiger charge is 2.23. The minimum atomic E-state index is -0.561. The zero-order chi connectivity index (χ0) is 61.7. The van der Waals surface area contributed by atoms with Crippen LogP contribution >= 0.6 is 0 Å². The Morgan fingerprint density at radius 2 is 1.01 bits per heavy atom. The standard InChI is InChI=1S/C23H23N5O2.C17H10FN3O2.C12H7FN2O2.C8H18N2.C6H14N2/c1-15-11-27(12-16(2)26-15)18-7-6-17-9-19(23(29)30-21(17)10-18)20-13-28(14-25-20)22-5-3-4-8-24-22;18-12-5-4-11-7-13(17(22)23-15(11)8-12)14-9-21(10-20-14)16-3-1-2-6-19-16;13-8-2-1-7-3-9(10-5-14-6-15-10)12(16)17-11(7)4-8;1-9-7-5-3-4-6-8(7)10-2;1-5-3-7-4-6(2)8-5/h3-10,13-16,26H,11-12H2,1-2H3;1-10H;1-6H,(H,14,15);7-10H,3-6H2,1-2H3;5-8H,3-4H2,1-2H3/t15-,16+;;;7-,8-;5-,6+/m...1./s1. The Hall–Kier alpha value is -9.32. The van der Waals surface area contributed by atoms with Gasteiger partial charge in [-0.2, -0.15) is 0 Å². The summed E-state index contributed by atoms with van der Waals surface area (Å²) in [5.41, 5.74) is 3.36. The van der Waals surface area contributed by atoms with Crippen LogP contribution in [-0.2, 0) is 0 Å². The molecule has 11 aromatic rings. The molecular formula is C66H72F2N14O6. The van der Waals surface area contributed by atoms with E-state index in [0.717, 1.165) is 43.1 Å². The van der Waals surface area contributed by atoms with Crippen LogP contribution < -0.4 is 48.4 Å². The summed E-state index contributed by atoms with van der Waals surface area (Å²) in [6.07, 6.45) is 18.6. The minimum absolute atomic E-state index is 0.211. The van der Waals surface area contributed by atoms with Gasteiger partial charge in [-0.1, -0.05) is 25.0 Å². The summed E-state index contributed by atoms with van der Waals surface area (Å²) in [5.74, 6) is 0.548. The molecule has 14 rings (SSSR count). The van der Waals surface area contributed by atoms with Gasteiger partial charge in [-0.3, -0.25) is 9.13 Å². The zero-order valence-corrected chi connectivity index (χ0v) is 49.9. The fourth-order valence-electron chi connectivity index (χ4n) is 11.1. The van der Waals surface area contributed by atoms with Crippen LogP contribution in [0.15, 0.2) is 187 Å². The number of likely N-dealkylation sites (N-methyl/N-ethyl adjacent to an activating group) is 2. The molecule has 0 spiro atoms. The van der Waals surface area contributed by atoms with Crippen molar-refractivity contribution in [2.75, 3.05) is 45.2 Å².